The standard InChI is InChI=1S/C23H19BrN4O6/c1-13(25-21-17(24)11-15(27(31)32)12-19(21)28(33)34)20-22(29)16-9-5-6-10-18(16)26(23(20)30)14-7-3-2-4-8-14/h2-12,27-29,31,33H,1H3. The van der Waals surface area contributed by atoms with Gasteiger partial charge >= 0.3 is 0 Å². The van der Waals surface area contributed by atoms with E-state index in [0.717, 1.165) is 6.07 Å². The van der Waals surface area contributed by atoms with E-state index in [1.165, 1.54) is 17.6 Å². The van der Waals surface area contributed by atoms with E-state index in [-0.39, 0.29) is 38.6 Å². The summed E-state index contributed by atoms with van der Waals surface area (Å²) in [7, 11) is 0. The second kappa shape index (κ2) is 9.44. The fraction of sp³-hybridized carbons (Fsp3) is 0.0435. The lowest BCUT2D eigenvalue weighted by molar-refractivity contribution is -0.996. The van der Waals surface area contributed by atoms with E-state index >= 15 is 0 Å². The molecule has 0 aliphatic heterocycles. The molecule has 0 amide bonds. The Labute approximate surface area is 201 Å². The maximum absolute atomic E-state index is 13.6. The largest absolute Gasteiger partial charge is 0.595 e. The number of para-hydroxylation sites is 2. The van der Waals surface area contributed by atoms with Crippen LogP contribution in [0, 0.1) is 10.4 Å². The topological polar surface area (TPSA) is 150 Å². The second-order valence-electron chi connectivity index (χ2n) is 7.38. The maximum atomic E-state index is 13.6. The van der Waals surface area contributed by atoms with Gasteiger partial charge in [-0.1, -0.05) is 30.3 Å². The van der Waals surface area contributed by atoms with Gasteiger partial charge in [0.05, 0.1) is 21.8 Å². The van der Waals surface area contributed by atoms with Gasteiger partial charge < -0.3 is 15.5 Å². The van der Waals surface area contributed by atoms with Gasteiger partial charge in [0.15, 0.2) is 11.4 Å². The van der Waals surface area contributed by atoms with Gasteiger partial charge in [0, 0.05) is 17.1 Å². The summed E-state index contributed by atoms with van der Waals surface area (Å²) in [4.78, 5) is 17.9. The lowest BCUT2D eigenvalue weighted by atomic mass is 10.1. The van der Waals surface area contributed by atoms with Crippen LogP contribution in [0.3, 0.4) is 0 Å². The van der Waals surface area contributed by atoms with Crippen LogP contribution in [0.5, 0.6) is 5.75 Å². The molecule has 1 aromatic heterocycles. The summed E-state index contributed by atoms with van der Waals surface area (Å²) >= 11 is 3.18. The van der Waals surface area contributed by atoms with Gasteiger partial charge in [-0.15, -0.1) is 0 Å². The maximum Gasteiger partial charge on any atom is 0.268 e. The number of rotatable bonds is 5. The molecule has 0 spiro atoms. The van der Waals surface area contributed by atoms with Crippen molar-refractivity contribution in [3.05, 3.63) is 97.5 Å². The zero-order valence-corrected chi connectivity index (χ0v) is 19.3. The molecule has 0 aliphatic carbocycles. The Hall–Kier alpha value is -3.42. The zero-order chi connectivity index (χ0) is 24.6. The van der Waals surface area contributed by atoms with Crippen LogP contribution < -0.4 is 16.0 Å². The molecule has 0 radical (unpaired) electrons. The summed E-state index contributed by atoms with van der Waals surface area (Å²) in [5, 5.41) is 50.8. The molecule has 2 unspecified atom stereocenters. The molecule has 34 heavy (non-hydrogen) atoms. The van der Waals surface area contributed by atoms with Crippen molar-refractivity contribution in [2.24, 2.45) is 4.99 Å². The molecule has 2 atom stereocenters. The third kappa shape index (κ3) is 4.24. The molecular formula is C23H19BrN4O6. The first-order valence-electron chi connectivity index (χ1n) is 9.98. The highest BCUT2D eigenvalue weighted by Gasteiger charge is 2.22. The summed E-state index contributed by atoms with van der Waals surface area (Å²) in [6.45, 7) is 1.48. The number of hydrogen-bond donors (Lipinski definition) is 5. The molecule has 4 aromatic rings. The van der Waals surface area contributed by atoms with E-state index in [9.17, 15) is 30.7 Å². The van der Waals surface area contributed by atoms with Crippen LogP contribution in [-0.4, -0.2) is 25.8 Å². The number of nitrogens with zero attached hydrogens (tertiary/aromatic N) is 2. The first-order chi connectivity index (χ1) is 16.2. The fourth-order valence-electron chi connectivity index (χ4n) is 3.71. The Balaban J connectivity index is 2.02. The fourth-order valence-corrected chi connectivity index (χ4v) is 4.26. The zero-order valence-electron chi connectivity index (χ0n) is 17.7. The SMILES string of the molecule is CC(=Nc1c(Br)cc([NH+]([O-])O)cc1[NH+]([O-])O)c1c(O)c2ccccc2n(-c2ccccc2)c1=O. The number of halogens is 1. The average molecular weight is 527 g/mol. The van der Waals surface area contributed by atoms with Crippen molar-refractivity contribution in [1.29, 1.82) is 0 Å². The van der Waals surface area contributed by atoms with E-state index < -0.39 is 16.0 Å². The van der Waals surface area contributed by atoms with Crippen molar-refractivity contribution >= 4 is 49.6 Å². The minimum absolute atomic E-state index is 0.0595. The average Bonchev–Trinajstić information content (AvgIpc) is 2.80. The van der Waals surface area contributed by atoms with E-state index in [0.29, 0.717) is 16.6 Å². The molecule has 5 N–H and O–H groups in total. The van der Waals surface area contributed by atoms with Gasteiger partial charge in [0.2, 0.25) is 0 Å². The number of fused-ring (bicyclic) bond motifs is 1. The molecule has 11 heteroatoms. The van der Waals surface area contributed by atoms with Gasteiger partial charge in [0.25, 0.3) is 5.56 Å². The minimum atomic E-state index is -1.39. The monoisotopic (exact) mass is 526 g/mol. The first kappa shape index (κ1) is 23.7. The molecule has 0 aliphatic rings. The van der Waals surface area contributed by atoms with Gasteiger partial charge in [-0.3, -0.25) is 9.36 Å². The highest BCUT2D eigenvalue weighted by Crippen LogP contribution is 2.35. The molecule has 4 rings (SSSR count). The van der Waals surface area contributed by atoms with Crippen LogP contribution in [0.1, 0.15) is 12.5 Å². The number of aliphatic imine (C=N–C) groups is 1. The predicted molar refractivity (Wildman–Crippen MR) is 129 cm³/mol. The molecule has 174 valence electrons. The molecular weight excluding hydrogens is 508 g/mol. The van der Waals surface area contributed by atoms with Crippen LogP contribution in [0.15, 0.2) is 81.0 Å². The summed E-state index contributed by atoms with van der Waals surface area (Å²) in [6.07, 6.45) is 0. The van der Waals surface area contributed by atoms with Crippen LogP contribution in [0.25, 0.3) is 16.6 Å². The number of aromatic nitrogens is 1. The van der Waals surface area contributed by atoms with Gasteiger partial charge in [-0.2, -0.15) is 10.5 Å². The Morgan fingerprint density at radius 3 is 2.29 bits per heavy atom. The van der Waals surface area contributed by atoms with Crippen molar-refractivity contribution in [2.75, 3.05) is 0 Å². The number of hydrogen-bond acceptors (Lipinski definition) is 7. The Kier molecular flexibility index (Phi) is 6.59. The van der Waals surface area contributed by atoms with E-state index in [4.69, 9.17) is 0 Å². The highest BCUT2D eigenvalue weighted by atomic mass is 79.9. The molecule has 0 saturated carbocycles. The summed E-state index contributed by atoms with van der Waals surface area (Å²) in [6, 6.07) is 18.0. The lowest BCUT2D eigenvalue weighted by Crippen LogP contribution is -3.00. The number of pyridine rings is 1. The van der Waals surface area contributed by atoms with Crippen LogP contribution in [-0.2, 0) is 0 Å². The van der Waals surface area contributed by atoms with E-state index in [1.807, 2.05) is 6.07 Å². The van der Waals surface area contributed by atoms with Crippen molar-refractivity contribution in [2.45, 2.75) is 6.92 Å². The Bertz CT molecular complexity index is 1470. The minimum Gasteiger partial charge on any atom is -0.595 e. The van der Waals surface area contributed by atoms with E-state index in [1.54, 1.807) is 48.5 Å². The molecule has 0 bridgehead atoms. The number of quaternary nitrogens is 2. The summed E-state index contributed by atoms with van der Waals surface area (Å²) < 4.78 is 1.57. The summed E-state index contributed by atoms with van der Waals surface area (Å²) in [5.74, 6) is -0.288. The van der Waals surface area contributed by atoms with Gasteiger partial charge in [-0.05, 0) is 47.1 Å². The quantitative estimate of drug-likeness (QED) is 0.199. The molecule has 10 nitrogen and oxygen atoms in total. The molecule has 3 aromatic carbocycles. The normalized spacial score (nSPS) is 13.8. The van der Waals surface area contributed by atoms with Crippen LogP contribution >= 0.6 is 15.9 Å². The predicted octanol–water partition coefficient (Wildman–Crippen LogP) is 2.41. The van der Waals surface area contributed by atoms with Crippen molar-refractivity contribution in [3.8, 4) is 11.4 Å². The number of benzene rings is 3. The van der Waals surface area contributed by atoms with E-state index in [2.05, 4.69) is 20.9 Å². The molecule has 0 fully saturated rings. The van der Waals surface area contributed by atoms with Crippen molar-refractivity contribution in [3.63, 3.8) is 0 Å². The molecule has 0 saturated heterocycles. The van der Waals surface area contributed by atoms with Gasteiger partial charge in [0.1, 0.15) is 17.0 Å². The smallest absolute Gasteiger partial charge is 0.268 e. The van der Waals surface area contributed by atoms with Crippen LogP contribution in [0.2, 0.25) is 0 Å². The van der Waals surface area contributed by atoms with Crippen molar-refractivity contribution < 1.29 is 26.0 Å². The molecule has 1 heterocycles. The van der Waals surface area contributed by atoms with Gasteiger partial charge in [-0.25, -0.2) is 15.4 Å². The second-order valence-corrected chi connectivity index (χ2v) is 8.23. The third-order valence-electron chi connectivity index (χ3n) is 5.25. The van der Waals surface area contributed by atoms with Crippen LogP contribution in [0.4, 0.5) is 17.1 Å². The van der Waals surface area contributed by atoms with Crippen molar-refractivity contribution in [1.82, 2.24) is 4.57 Å². The number of aromatic hydroxyl groups is 1. The third-order valence-corrected chi connectivity index (χ3v) is 5.85. The highest BCUT2D eigenvalue weighted by molar-refractivity contribution is 9.10. The Morgan fingerprint density at radius 2 is 1.65 bits per heavy atom. The summed E-state index contributed by atoms with van der Waals surface area (Å²) in [5.41, 5.74) is -0.193. The Morgan fingerprint density at radius 1 is 1.00 bits per heavy atom. The first-order valence-corrected chi connectivity index (χ1v) is 10.8. The number of nitrogens with one attached hydrogen (secondary N) is 2. The lowest BCUT2D eigenvalue weighted by Gasteiger charge is -2.19.